The fraction of sp³-hybridized carbons (Fsp3) is 0.346. The average molecular weight is 466 g/mol. The highest BCUT2D eigenvalue weighted by Crippen LogP contribution is 2.48. The Kier molecular flexibility index (Phi) is 5.71. The second kappa shape index (κ2) is 8.67. The van der Waals surface area contributed by atoms with Crippen molar-refractivity contribution in [3.8, 4) is 11.5 Å². The van der Waals surface area contributed by atoms with Gasteiger partial charge in [0, 0.05) is 34.3 Å². The van der Waals surface area contributed by atoms with Gasteiger partial charge in [0.05, 0.1) is 6.61 Å². The van der Waals surface area contributed by atoms with Crippen LogP contribution in [0.5, 0.6) is 11.5 Å². The van der Waals surface area contributed by atoms with Gasteiger partial charge in [-0.2, -0.15) is 0 Å². The molecule has 0 N–H and O–H groups in total. The van der Waals surface area contributed by atoms with Crippen LogP contribution < -0.4 is 9.47 Å². The van der Waals surface area contributed by atoms with Gasteiger partial charge in [-0.05, 0) is 61.6 Å². The van der Waals surface area contributed by atoms with Gasteiger partial charge >= 0.3 is 5.97 Å². The van der Waals surface area contributed by atoms with E-state index < -0.39 is 11.8 Å². The first-order valence-electron chi connectivity index (χ1n) is 11.1. The first-order valence-corrected chi connectivity index (χ1v) is 11.5. The van der Waals surface area contributed by atoms with E-state index in [2.05, 4.69) is 0 Å². The van der Waals surface area contributed by atoms with Gasteiger partial charge in [0.1, 0.15) is 5.92 Å². The Bertz CT molecular complexity index is 1180. The van der Waals surface area contributed by atoms with Crippen LogP contribution in [-0.4, -0.2) is 30.9 Å². The van der Waals surface area contributed by atoms with Crippen molar-refractivity contribution in [3.63, 3.8) is 0 Å². The minimum atomic E-state index is -0.667. The van der Waals surface area contributed by atoms with E-state index >= 15 is 0 Å². The lowest BCUT2D eigenvalue weighted by atomic mass is 9.69. The first-order chi connectivity index (χ1) is 16.0. The van der Waals surface area contributed by atoms with Crippen LogP contribution >= 0.6 is 11.6 Å². The molecule has 0 radical (unpaired) electrons. The number of ketones is 1. The number of ether oxygens (including phenoxy) is 3. The van der Waals surface area contributed by atoms with Gasteiger partial charge in [0.25, 0.3) is 0 Å². The summed E-state index contributed by atoms with van der Waals surface area (Å²) in [5.41, 5.74) is 3.87. The number of carbonyl (C=O) groups excluding carboxylic acids is 2. The van der Waals surface area contributed by atoms with E-state index in [0.29, 0.717) is 40.6 Å². The zero-order valence-electron chi connectivity index (χ0n) is 18.5. The lowest BCUT2D eigenvalue weighted by Crippen LogP contribution is -2.38. The number of halogens is 1. The van der Waals surface area contributed by atoms with Gasteiger partial charge < -0.3 is 14.2 Å². The molecular formula is C26H24ClNO5. The monoisotopic (exact) mass is 465 g/mol. The third kappa shape index (κ3) is 3.93. The van der Waals surface area contributed by atoms with Crippen LogP contribution in [-0.2, 0) is 14.3 Å². The highest BCUT2D eigenvalue weighted by molar-refractivity contribution is 6.30. The maximum atomic E-state index is 13.6. The Morgan fingerprint density at radius 3 is 2.58 bits per heavy atom. The van der Waals surface area contributed by atoms with E-state index in [4.69, 9.17) is 30.8 Å². The summed E-state index contributed by atoms with van der Waals surface area (Å²) < 4.78 is 16.4. The summed E-state index contributed by atoms with van der Waals surface area (Å²) in [7, 11) is 0. The maximum Gasteiger partial charge on any atom is 0.315 e. The molecule has 170 valence electrons. The summed E-state index contributed by atoms with van der Waals surface area (Å²) in [6.45, 7) is 4.02. The number of carbonyl (C=O) groups is 2. The zero-order valence-corrected chi connectivity index (χ0v) is 19.2. The molecule has 0 fully saturated rings. The van der Waals surface area contributed by atoms with Crippen molar-refractivity contribution in [2.24, 2.45) is 10.9 Å². The fourth-order valence-electron chi connectivity index (χ4n) is 5.03. The van der Waals surface area contributed by atoms with Crippen molar-refractivity contribution in [3.05, 3.63) is 69.9 Å². The van der Waals surface area contributed by atoms with Crippen LogP contribution in [0.3, 0.4) is 0 Å². The predicted molar refractivity (Wildman–Crippen MR) is 124 cm³/mol. The molecule has 7 heteroatoms. The van der Waals surface area contributed by atoms with Crippen LogP contribution in [0.15, 0.2) is 58.7 Å². The molecule has 2 aromatic carbocycles. The second-order valence-electron chi connectivity index (χ2n) is 8.51. The largest absolute Gasteiger partial charge is 0.465 e. The number of allylic oxidation sites excluding steroid dienone is 2. The molecule has 0 saturated carbocycles. The molecule has 2 heterocycles. The highest BCUT2D eigenvalue weighted by atomic mass is 35.5. The number of esters is 1. The molecular weight excluding hydrogens is 442 g/mol. The molecule has 0 aromatic heterocycles. The Morgan fingerprint density at radius 2 is 1.82 bits per heavy atom. The van der Waals surface area contributed by atoms with Gasteiger partial charge in [-0.1, -0.05) is 29.8 Å². The predicted octanol–water partition coefficient (Wildman–Crippen LogP) is 5.21. The lowest BCUT2D eigenvalue weighted by Gasteiger charge is -2.36. The first kappa shape index (κ1) is 21.7. The molecule has 6 nitrogen and oxygen atoms in total. The Morgan fingerprint density at radius 1 is 1.09 bits per heavy atom. The summed E-state index contributed by atoms with van der Waals surface area (Å²) in [6, 6.07) is 13.2. The molecule has 1 unspecified atom stereocenters. The van der Waals surface area contributed by atoms with Gasteiger partial charge in [-0.15, -0.1) is 0 Å². The molecule has 0 saturated heterocycles. The number of benzene rings is 2. The molecule has 3 atom stereocenters. The topological polar surface area (TPSA) is 74.2 Å². The van der Waals surface area contributed by atoms with E-state index in [-0.39, 0.29) is 31.1 Å². The average Bonchev–Trinajstić information content (AvgIpc) is 3.26. The number of hydrogen-bond donors (Lipinski definition) is 0. The quantitative estimate of drug-likeness (QED) is 0.579. The molecule has 0 spiro atoms. The molecule has 2 aliphatic heterocycles. The number of fused-ring (bicyclic) bond motifs is 1. The summed E-state index contributed by atoms with van der Waals surface area (Å²) >= 11 is 6.05. The minimum Gasteiger partial charge on any atom is -0.465 e. The van der Waals surface area contributed by atoms with Crippen LogP contribution in [0.25, 0.3) is 0 Å². The Balaban J connectivity index is 1.59. The molecule has 33 heavy (non-hydrogen) atoms. The van der Waals surface area contributed by atoms with E-state index in [1.165, 1.54) is 0 Å². The third-order valence-electron chi connectivity index (χ3n) is 6.53. The molecule has 1 aliphatic carbocycles. The van der Waals surface area contributed by atoms with E-state index in [1.54, 1.807) is 6.92 Å². The SMILES string of the molecule is CCOC(=O)C1C(C)=NC2=C(C(=O)C[C@@H](c3ccc(Cl)cc3)C2)[C@H]1c1ccc2c(c1)OCO2. The number of hydrogen-bond acceptors (Lipinski definition) is 6. The Hall–Kier alpha value is -3.12. The van der Waals surface area contributed by atoms with Gasteiger partial charge in [0.15, 0.2) is 17.3 Å². The van der Waals surface area contributed by atoms with E-state index in [0.717, 1.165) is 16.8 Å². The standard InChI is InChI=1S/C26H24ClNO5/c1-3-31-26(30)23-14(2)28-19-10-17(15-4-7-18(27)8-5-15)11-20(29)25(19)24(23)16-6-9-21-22(12-16)33-13-32-21/h4-9,12,17,23-24H,3,10-11,13H2,1-2H3/t17-,23?,24-/m0/s1. The van der Waals surface area contributed by atoms with Crippen molar-refractivity contribution in [1.82, 2.24) is 0 Å². The normalized spacial score (nSPS) is 23.8. The summed E-state index contributed by atoms with van der Waals surface area (Å²) in [5, 5.41) is 0.660. The van der Waals surface area contributed by atoms with Crippen molar-refractivity contribution in [1.29, 1.82) is 0 Å². The van der Waals surface area contributed by atoms with Crippen molar-refractivity contribution in [2.45, 2.75) is 38.5 Å². The third-order valence-corrected chi connectivity index (χ3v) is 6.78. The summed E-state index contributed by atoms with van der Waals surface area (Å²) in [4.78, 5) is 31.4. The maximum absolute atomic E-state index is 13.6. The van der Waals surface area contributed by atoms with Crippen LogP contribution in [0.4, 0.5) is 0 Å². The van der Waals surface area contributed by atoms with E-state index in [9.17, 15) is 9.59 Å². The number of Topliss-reactive ketones (excluding diaryl/α,β-unsaturated/α-hetero) is 1. The van der Waals surface area contributed by atoms with E-state index in [1.807, 2.05) is 49.4 Å². The van der Waals surface area contributed by atoms with Gasteiger partial charge in [-0.3, -0.25) is 14.6 Å². The van der Waals surface area contributed by atoms with Crippen molar-refractivity contribution in [2.75, 3.05) is 13.4 Å². The summed E-state index contributed by atoms with van der Waals surface area (Å²) in [6.07, 6.45) is 0.974. The molecule has 2 aromatic rings. The van der Waals surface area contributed by atoms with Crippen molar-refractivity contribution < 1.29 is 23.8 Å². The number of aliphatic imine (C=N–C) groups is 1. The Labute approximate surface area is 197 Å². The smallest absolute Gasteiger partial charge is 0.315 e. The molecule has 0 amide bonds. The van der Waals surface area contributed by atoms with Gasteiger partial charge in [0.2, 0.25) is 6.79 Å². The van der Waals surface area contributed by atoms with Crippen LogP contribution in [0.1, 0.15) is 49.7 Å². The summed E-state index contributed by atoms with van der Waals surface area (Å²) in [5.74, 6) is -0.240. The second-order valence-corrected chi connectivity index (χ2v) is 8.95. The fourth-order valence-corrected chi connectivity index (χ4v) is 5.16. The zero-order chi connectivity index (χ0) is 23.1. The number of rotatable bonds is 4. The highest BCUT2D eigenvalue weighted by Gasteiger charge is 2.45. The number of nitrogens with zero attached hydrogens (tertiary/aromatic N) is 1. The lowest BCUT2D eigenvalue weighted by molar-refractivity contribution is -0.146. The minimum absolute atomic E-state index is 0.00409. The van der Waals surface area contributed by atoms with Gasteiger partial charge in [-0.25, -0.2) is 0 Å². The molecule has 0 bridgehead atoms. The van der Waals surface area contributed by atoms with Crippen molar-refractivity contribution >= 4 is 29.1 Å². The van der Waals surface area contributed by atoms with Crippen LogP contribution in [0, 0.1) is 5.92 Å². The van der Waals surface area contributed by atoms with Crippen LogP contribution in [0.2, 0.25) is 5.02 Å². The molecule has 5 rings (SSSR count). The molecule has 3 aliphatic rings.